The van der Waals surface area contributed by atoms with Crippen LogP contribution in [0.5, 0.6) is 0 Å². The Morgan fingerprint density at radius 2 is 0.838 bits per heavy atom. The fourth-order valence-electron chi connectivity index (χ4n) is 7.69. The average molecular weight is 1020 g/mol. The Hall–Kier alpha value is -9.20. The summed E-state index contributed by atoms with van der Waals surface area (Å²) in [5.74, 6) is -3.74. The number of nitrogens with zero attached hydrogens (tertiary/aromatic N) is 8. The lowest BCUT2D eigenvalue weighted by Gasteiger charge is -2.10. The Kier molecular flexibility index (Phi) is 17.4. The van der Waals surface area contributed by atoms with Gasteiger partial charge in [0.2, 0.25) is 23.5 Å². The third-order valence-corrected chi connectivity index (χ3v) is 11.3. The van der Waals surface area contributed by atoms with Gasteiger partial charge in [0, 0.05) is 106 Å². The van der Waals surface area contributed by atoms with Crippen LogP contribution in [0.3, 0.4) is 0 Å². The van der Waals surface area contributed by atoms with Gasteiger partial charge in [0.15, 0.2) is 5.82 Å². The highest BCUT2D eigenvalue weighted by Crippen LogP contribution is 2.22. The van der Waals surface area contributed by atoms with Gasteiger partial charge in [0.25, 0.3) is 35.4 Å². The van der Waals surface area contributed by atoms with Crippen molar-refractivity contribution in [1.29, 1.82) is 0 Å². The van der Waals surface area contributed by atoms with E-state index in [1.807, 2.05) is 19.0 Å². The quantitative estimate of drug-likeness (QED) is 0.0443. The molecule has 0 fully saturated rings. The minimum Gasteiger partial charge on any atom is -0.355 e. The van der Waals surface area contributed by atoms with Crippen LogP contribution in [0.15, 0.2) is 67.5 Å². The van der Waals surface area contributed by atoms with Gasteiger partial charge in [-0.05, 0) is 63.8 Å². The van der Waals surface area contributed by atoms with E-state index in [2.05, 4.69) is 52.8 Å². The van der Waals surface area contributed by atoms with E-state index in [4.69, 9.17) is 0 Å². The molecule has 392 valence electrons. The van der Waals surface area contributed by atoms with Crippen molar-refractivity contribution >= 4 is 87.4 Å². The first-order chi connectivity index (χ1) is 35.0. The monoisotopic (exact) mass is 1020 g/mol. The zero-order chi connectivity index (χ0) is 54.0. The Balaban J connectivity index is 0.923. The van der Waals surface area contributed by atoms with Gasteiger partial charge in [-0.2, -0.15) is 0 Å². The van der Waals surface area contributed by atoms with Crippen molar-refractivity contribution in [3.05, 3.63) is 102 Å². The number of aromatic nitrogens is 7. The molecule has 74 heavy (non-hydrogen) atoms. The maximum absolute atomic E-state index is 13.3. The van der Waals surface area contributed by atoms with Crippen LogP contribution in [0, 0.1) is 0 Å². The molecule has 0 aliphatic heterocycles. The van der Waals surface area contributed by atoms with Gasteiger partial charge in [-0.1, -0.05) is 0 Å². The molecule has 6 aromatic heterocycles. The second-order valence-electron chi connectivity index (χ2n) is 17.8. The smallest absolute Gasteiger partial charge is 0.291 e. The molecule has 0 aliphatic rings. The molecule has 0 aliphatic carbocycles. The maximum atomic E-state index is 13.3. The van der Waals surface area contributed by atoms with E-state index in [-0.39, 0.29) is 83.8 Å². The number of rotatable bonds is 22. The standard InChI is InChI=1S/C48H61N17O9/c1-28(66)52-39-27-65(9)42(58-39)48(74)57-33-20-38(64(8)26-33)47(73)54-30-17-34(60(4)23-30)43(69)50-13-10-12-40(67)53-29-16-36(62(6)22-29)45(71)56-32-19-37(63(7)25-32)46(72)55-31-18-35(61(5)24-31)44(70)51-21-41(68)49-14-11-15-59(2)3/h16-20,22-27H,10-15,21H2,1-9H3,(H,49,68)(H,50,69)(H,51,70)(H,52,66)(H,53,67)(H,54,73)(H,55,72)(H,56,71)(H,57,74). The summed E-state index contributed by atoms with van der Waals surface area (Å²) in [5, 5.41) is 24.4. The number of hydrogen-bond acceptors (Lipinski definition) is 11. The van der Waals surface area contributed by atoms with Crippen molar-refractivity contribution in [2.45, 2.75) is 26.2 Å². The molecule has 6 heterocycles. The molecule has 26 heteroatoms. The Morgan fingerprint density at radius 3 is 1.27 bits per heavy atom. The molecule has 0 aromatic carbocycles. The van der Waals surface area contributed by atoms with Crippen LogP contribution in [0.1, 0.15) is 89.2 Å². The second kappa shape index (κ2) is 23.8. The summed E-state index contributed by atoms with van der Waals surface area (Å²) in [7, 11) is 13.7. The van der Waals surface area contributed by atoms with Gasteiger partial charge in [-0.3, -0.25) is 43.2 Å². The summed E-state index contributed by atoms with van der Waals surface area (Å²) in [4.78, 5) is 121. The van der Waals surface area contributed by atoms with Crippen molar-refractivity contribution in [2.24, 2.45) is 42.3 Å². The number of hydrogen-bond donors (Lipinski definition) is 9. The third kappa shape index (κ3) is 14.2. The summed E-state index contributed by atoms with van der Waals surface area (Å²) in [6.45, 7) is 2.59. The molecule has 0 unspecified atom stereocenters. The number of amides is 9. The lowest BCUT2D eigenvalue weighted by molar-refractivity contribution is -0.120. The van der Waals surface area contributed by atoms with E-state index in [1.54, 1.807) is 77.8 Å². The van der Waals surface area contributed by atoms with Gasteiger partial charge in [-0.25, -0.2) is 4.98 Å². The predicted molar refractivity (Wildman–Crippen MR) is 275 cm³/mol. The molecule has 26 nitrogen and oxygen atoms in total. The summed E-state index contributed by atoms with van der Waals surface area (Å²) in [5.41, 5.74) is 2.82. The Labute approximate surface area is 425 Å². The van der Waals surface area contributed by atoms with Crippen molar-refractivity contribution < 1.29 is 43.2 Å². The molecular weight excluding hydrogens is 959 g/mol. The van der Waals surface area contributed by atoms with Gasteiger partial charge in [0.1, 0.15) is 28.5 Å². The zero-order valence-electron chi connectivity index (χ0n) is 42.6. The molecule has 9 N–H and O–H groups in total. The van der Waals surface area contributed by atoms with E-state index >= 15 is 0 Å². The summed E-state index contributed by atoms with van der Waals surface area (Å²) in [6, 6.07) is 7.47. The fraction of sp³-hybridized carbons (Fsp3) is 0.333. The van der Waals surface area contributed by atoms with E-state index in [9.17, 15) is 43.2 Å². The predicted octanol–water partition coefficient (Wildman–Crippen LogP) is 2.03. The van der Waals surface area contributed by atoms with Gasteiger partial charge >= 0.3 is 0 Å². The number of imidazole rings is 1. The van der Waals surface area contributed by atoms with Crippen LogP contribution in [-0.2, 0) is 56.7 Å². The largest absolute Gasteiger partial charge is 0.355 e. The van der Waals surface area contributed by atoms with Crippen LogP contribution >= 0.6 is 0 Å². The number of nitrogens with one attached hydrogen (secondary N) is 9. The minimum atomic E-state index is -0.556. The molecule has 6 rings (SSSR count). The minimum absolute atomic E-state index is 0.0406. The van der Waals surface area contributed by atoms with Crippen molar-refractivity contribution in [1.82, 2.24) is 53.2 Å². The zero-order valence-corrected chi connectivity index (χ0v) is 42.6. The van der Waals surface area contributed by atoms with E-state index in [1.165, 1.54) is 66.3 Å². The SMILES string of the molecule is CC(=O)Nc1cn(C)c(C(=O)Nc2cc(C(=O)Nc3cc(C(=O)NCCCC(=O)Nc4cc(C(=O)Nc5cc(C(=O)Nc6cc(C(=O)NCC(=O)NCCCN(C)C)n(C)c6)n(C)c5)n(C)c4)n(C)c3)n(C)c2)n1. The van der Waals surface area contributed by atoms with Crippen LogP contribution in [0.2, 0.25) is 0 Å². The lowest BCUT2D eigenvalue weighted by Crippen LogP contribution is -2.38. The van der Waals surface area contributed by atoms with E-state index < -0.39 is 35.4 Å². The topological polar surface area (TPSA) is 308 Å². The first-order valence-electron chi connectivity index (χ1n) is 23.2. The number of anilines is 6. The summed E-state index contributed by atoms with van der Waals surface area (Å²) < 4.78 is 9.11. The van der Waals surface area contributed by atoms with E-state index in [0.717, 1.165) is 13.0 Å². The third-order valence-electron chi connectivity index (χ3n) is 11.3. The molecule has 0 bridgehead atoms. The molecule has 9 amide bonds. The summed E-state index contributed by atoms with van der Waals surface area (Å²) >= 11 is 0. The molecule has 0 saturated heterocycles. The Bertz CT molecular complexity index is 3120. The van der Waals surface area contributed by atoms with E-state index in [0.29, 0.717) is 35.0 Å². The highest BCUT2D eigenvalue weighted by molar-refractivity contribution is 6.09. The summed E-state index contributed by atoms with van der Waals surface area (Å²) in [6.07, 6.45) is 10.4. The number of aryl methyl sites for hydroxylation is 6. The van der Waals surface area contributed by atoms with Crippen molar-refractivity contribution in [3.8, 4) is 0 Å². The Morgan fingerprint density at radius 1 is 0.446 bits per heavy atom. The molecule has 0 spiro atoms. The molecular formula is C48H61N17O9. The van der Waals surface area contributed by atoms with Gasteiger partial charge < -0.3 is 80.2 Å². The first-order valence-corrected chi connectivity index (χ1v) is 23.2. The van der Waals surface area contributed by atoms with Gasteiger partial charge in [-0.15, -0.1) is 0 Å². The molecule has 0 atom stereocenters. The molecule has 0 radical (unpaired) electrons. The number of carbonyl (C=O) groups is 9. The number of carbonyl (C=O) groups excluding carboxylic acids is 9. The second-order valence-corrected chi connectivity index (χ2v) is 17.8. The van der Waals surface area contributed by atoms with Crippen LogP contribution in [-0.4, -0.2) is 131 Å². The normalized spacial score (nSPS) is 10.9. The molecule has 6 aromatic rings. The highest BCUT2D eigenvalue weighted by atomic mass is 16.2. The fourth-order valence-corrected chi connectivity index (χ4v) is 7.69. The van der Waals surface area contributed by atoms with Crippen molar-refractivity contribution in [2.75, 3.05) is 72.2 Å². The molecule has 0 saturated carbocycles. The van der Waals surface area contributed by atoms with Crippen LogP contribution in [0.25, 0.3) is 0 Å². The average Bonchev–Trinajstić information content (AvgIpc) is 4.19. The van der Waals surface area contributed by atoms with Gasteiger partial charge in [0.05, 0.1) is 35.0 Å². The van der Waals surface area contributed by atoms with Crippen LogP contribution in [0.4, 0.5) is 34.3 Å². The first kappa shape index (κ1) is 54.1. The maximum Gasteiger partial charge on any atom is 0.291 e. The lowest BCUT2D eigenvalue weighted by atomic mass is 10.2. The van der Waals surface area contributed by atoms with Crippen LogP contribution < -0.4 is 47.9 Å². The highest BCUT2D eigenvalue weighted by Gasteiger charge is 2.22. The van der Waals surface area contributed by atoms with Crippen molar-refractivity contribution in [3.63, 3.8) is 0 Å².